The monoisotopic (exact) mass is 380 g/mol. The molecule has 1 amide bonds. The number of fused-ring (bicyclic) bond motifs is 1. The van der Waals surface area contributed by atoms with Crippen molar-refractivity contribution in [2.24, 2.45) is 0 Å². The van der Waals surface area contributed by atoms with Crippen LogP contribution in [0, 0.1) is 0 Å². The van der Waals surface area contributed by atoms with Crippen LogP contribution in [0.15, 0.2) is 41.8 Å². The minimum absolute atomic E-state index is 0.0591. The van der Waals surface area contributed by atoms with Gasteiger partial charge in [0.1, 0.15) is 5.82 Å². The van der Waals surface area contributed by atoms with Crippen LogP contribution < -0.4 is 5.32 Å². The molecule has 0 fully saturated rings. The van der Waals surface area contributed by atoms with Crippen LogP contribution in [0.3, 0.4) is 0 Å². The van der Waals surface area contributed by atoms with Crippen LogP contribution in [0.2, 0.25) is 0 Å². The number of aromatic nitrogens is 3. The molecule has 4 rings (SSSR count). The molecule has 1 aromatic carbocycles. The van der Waals surface area contributed by atoms with Gasteiger partial charge in [0.05, 0.1) is 0 Å². The van der Waals surface area contributed by atoms with E-state index >= 15 is 0 Å². The highest BCUT2D eigenvalue weighted by Gasteiger charge is 2.16. The highest BCUT2D eigenvalue weighted by Crippen LogP contribution is 2.25. The number of anilines is 1. The SMILES string of the molecule is O=C(CCCc1cccs1)Nc1cccc(-c2nnc3n2CCCCC3)c1. The van der Waals surface area contributed by atoms with Gasteiger partial charge in [0, 0.05) is 35.5 Å². The van der Waals surface area contributed by atoms with Crippen LogP contribution in [0.25, 0.3) is 11.4 Å². The van der Waals surface area contributed by atoms with Gasteiger partial charge in [-0.2, -0.15) is 0 Å². The summed E-state index contributed by atoms with van der Waals surface area (Å²) in [6.45, 7) is 0.969. The Labute approximate surface area is 163 Å². The lowest BCUT2D eigenvalue weighted by molar-refractivity contribution is -0.116. The van der Waals surface area contributed by atoms with Gasteiger partial charge in [0.15, 0.2) is 5.82 Å². The lowest BCUT2D eigenvalue weighted by Gasteiger charge is -2.09. The molecule has 0 unspecified atom stereocenters. The van der Waals surface area contributed by atoms with E-state index in [4.69, 9.17) is 0 Å². The standard InChI is InChI=1S/C21H24N4OS/c26-20(12-5-9-18-10-6-14-27-18)22-17-8-4-7-16(15-17)21-24-23-19-11-2-1-3-13-25(19)21/h4,6-8,10,14-15H,1-3,5,9,11-13H2,(H,22,26). The highest BCUT2D eigenvalue weighted by atomic mass is 32.1. The van der Waals surface area contributed by atoms with Gasteiger partial charge in [-0.25, -0.2) is 0 Å². The van der Waals surface area contributed by atoms with Crippen molar-refractivity contribution in [3.8, 4) is 11.4 Å². The number of benzene rings is 1. The molecule has 3 aromatic rings. The normalized spacial score (nSPS) is 13.8. The van der Waals surface area contributed by atoms with E-state index in [-0.39, 0.29) is 5.91 Å². The van der Waals surface area contributed by atoms with Crippen molar-refractivity contribution in [1.29, 1.82) is 0 Å². The third kappa shape index (κ3) is 4.45. The molecule has 0 spiro atoms. The maximum Gasteiger partial charge on any atom is 0.224 e. The van der Waals surface area contributed by atoms with Crippen LogP contribution in [0.5, 0.6) is 0 Å². The summed E-state index contributed by atoms with van der Waals surface area (Å²) < 4.78 is 2.23. The number of hydrogen-bond acceptors (Lipinski definition) is 4. The second-order valence-electron chi connectivity index (χ2n) is 6.96. The van der Waals surface area contributed by atoms with Crippen LogP contribution >= 0.6 is 11.3 Å². The molecule has 3 heterocycles. The third-order valence-corrected chi connectivity index (χ3v) is 5.86. The van der Waals surface area contributed by atoms with E-state index in [1.807, 2.05) is 24.3 Å². The Morgan fingerprint density at radius 1 is 1.15 bits per heavy atom. The molecule has 1 N–H and O–H groups in total. The van der Waals surface area contributed by atoms with Crippen LogP contribution in [0.4, 0.5) is 5.69 Å². The number of carbonyl (C=O) groups is 1. The largest absolute Gasteiger partial charge is 0.326 e. The Morgan fingerprint density at radius 3 is 3.00 bits per heavy atom. The van der Waals surface area contributed by atoms with Gasteiger partial charge >= 0.3 is 0 Å². The Morgan fingerprint density at radius 2 is 2.11 bits per heavy atom. The van der Waals surface area contributed by atoms with E-state index in [9.17, 15) is 4.79 Å². The molecule has 0 saturated carbocycles. The summed E-state index contributed by atoms with van der Waals surface area (Å²) in [4.78, 5) is 13.6. The number of nitrogens with one attached hydrogen (secondary N) is 1. The first-order chi connectivity index (χ1) is 13.3. The summed E-state index contributed by atoms with van der Waals surface area (Å²) >= 11 is 1.74. The summed E-state index contributed by atoms with van der Waals surface area (Å²) in [6.07, 6.45) is 6.93. The molecule has 0 aliphatic carbocycles. The van der Waals surface area contributed by atoms with Crippen molar-refractivity contribution in [2.45, 2.75) is 51.5 Å². The molecule has 1 aliphatic heterocycles. The van der Waals surface area contributed by atoms with Crippen LogP contribution in [-0.4, -0.2) is 20.7 Å². The Kier molecular flexibility index (Phi) is 5.63. The van der Waals surface area contributed by atoms with Crippen LogP contribution in [-0.2, 0) is 24.2 Å². The molecule has 0 bridgehead atoms. The average molecular weight is 381 g/mol. The number of aryl methyl sites for hydroxylation is 2. The Hall–Kier alpha value is -2.47. The minimum atomic E-state index is 0.0591. The van der Waals surface area contributed by atoms with E-state index in [0.29, 0.717) is 6.42 Å². The number of carbonyl (C=O) groups excluding carboxylic acids is 1. The molecular formula is C21H24N4OS. The lowest BCUT2D eigenvalue weighted by atomic mass is 10.1. The van der Waals surface area contributed by atoms with Crippen molar-refractivity contribution in [1.82, 2.24) is 14.8 Å². The second kappa shape index (κ2) is 8.48. The smallest absolute Gasteiger partial charge is 0.224 e. The van der Waals surface area contributed by atoms with E-state index in [1.165, 1.54) is 24.1 Å². The van der Waals surface area contributed by atoms with Crippen molar-refractivity contribution in [2.75, 3.05) is 5.32 Å². The van der Waals surface area contributed by atoms with E-state index in [0.717, 1.165) is 48.7 Å². The number of thiophene rings is 1. The molecule has 0 atom stereocenters. The number of nitrogens with zero attached hydrogens (tertiary/aromatic N) is 3. The minimum Gasteiger partial charge on any atom is -0.326 e. The number of rotatable bonds is 6. The molecular weight excluding hydrogens is 356 g/mol. The van der Waals surface area contributed by atoms with Gasteiger partial charge in [-0.1, -0.05) is 24.6 Å². The van der Waals surface area contributed by atoms with Crippen molar-refractivity contribution < 1.29 is 4.79 Å². The zero-order valence-electron chi connectivity index (χ0n) is 15.4. The predicted molar refractivity (Wildman–Crippen MR) is 109 cm³/mol. The van der Waals surface area contributed by atoms with Gasteiger partial charge in [0.25, 0.3) is 0 Å². The van der Waals surface area contributed by atoms with Gasteiger partial charge < -0.3 is 9.88 Å². The Bertz CT molecular complexity index is 901. The topological polar surface area (TPSA) is 59.8 Å². The fraction of sp³-hybridized carbons (Fsp3) is 0.381. The van der Waals surface area contributed by atoms with Crippen molar-refractivity contribution in [3.05, 3.63) is 52.5 Å². The molecule has 1 aliphatic rings. The zero-order chi connectivity index (χ0) is 18.5. The Balaban J connectivity index is 1.40. The first-order valence-corrected chi connectivity index (χ1v) is 10.5. The first-order valence-electron chi connectivity index (χ1n) is 9.64. The molecule has 6 heteroatoms. The molecule has 140 valence electrons. The maximum absolute atomic E-state index is 12.3. The first kappa shape index (κ1) is 17.9. The summed E-state index contributed by atoms with van der Waals surface area (Å²) in [6, 6.07) is 12.1. The molecule has 0 saturated heterocycles. The zero-order valence-corrected chi connectivity index (χ0v) is 16.2. The van der Waals surface area contributed by atoms with Gasteiger partial charge in [-0.05, 0) is 49.3 Å². The third-order valence-electron chi connectivity index (χ3n) is 4.92. The van der Waals surface area contributed by atoms with E-state index in [1.54, 1.807) is 11.3 Å². The van der Waals surface area contributed by atoms with E-state index in [2.05, 4.69) is 37.6 Å². The summed E-state index contributed by atoms with van der Waals surface area (Å²) in [7, 11) is 0. The predicted octanol–water partition coefficient (Wildman–Crippen LogP) is 4.69. The van der Waals surface area contributed by atoms with Crippen molar-refractivity contribution >= 4 is 22.9 Å². The highest BCUT2D eigenvalue weighted by molar-refractivity contribution is 7.09. The number of amides is 1. The molecule has 2 aromatic heterocycles. The van der Waals surface area contributed by atoms with Gasteiger partial charge in [-0.15, -0.1) is 21.5 Å². The van der Waals surface area contributed by atoms with Gasteiger partial charge in [-0.3, -0.25) is 4.79 Å². The summed E-state index contributed by atoms with van der Waals surface area (Å²) in [5.74, 6) is 2.04. The molecule has 0 radical (unpaired) electrons. The number of hydrogen-bond donors (Lipinski definition) is 1. The van der Waals surface area contributed by atoms with Crippen LogP contribution in [0.1, 0.15) is 42.8 Å². The molecule has 5 nitrogen and oxygen atoms in total. The maximum atomic E-state index is 12.3. The molecule has 27 heavy (non-hydrogen) atoms. The van der Waals surface area contributed by atoms with Gasteiger partial charge in [0.2, 0.25) is 5.91 Å². The lowest BCUT2D eigenvalue weighted by Crippen LogP contribution is -2.11. The second-order valence-corrected chi connectivity index (χ2v) is 8.00. The quantitative estimate of drug-likeness (QED) is 0.675. The van der Waals surface area contributed by atoms with E-state index < -0.39 is 0 Å². The fourth-order valence-electron chi connectivity index (χ4n) is 3.54. The summed E-state index contributed by atoms with van der Waals surface area (Å²) in [5, 5.41) is 13.9. The fourth-order valence-corrected chi connectivity index (χ4v) is 4.29. The average Bonchev–Trinajstić information content (AvgIpc) is 3.27. The van der Waals surface area contributed by atoms with Crippen molar-refractivity contribution in [3.63, 3.8) is 0 Å². The summed E-state index contributed by atoms with van der Waals surface area (Å²) in [5.41, 5.74) is 1.83.